The first-order chi connectivity index (χ1) is 12.9. The third kappa shape index (κ3) is 3.53. The Balaban J connectivity index is 2.29. The maximum absolute atomic E-state index is 13.4. The van der Waals surface area contributed by atoms with Crippen LogP contribution in [0.4, 0.5) is 0 Å². The number of esters is 1. The van der Waals surface area contributed by atoms with Crippen molar-refractivity contribution in [2.75, 3.05) is 6.61 Å². The van der Waals surface area contributed by atoms with Crippen molar-refractivity contribution in [2.45, 2.75) is 25.7 Å². The van der Waals surface area contributed by atoms with Crippen LogP contribution in [0.15, 0.2) is 65.6 Å². The molecule has 1 heterocycles. The lowest BCUT2D eigenvalue weighted by molar-refractivity contribution is 0.0525. The summed E-state index contributed by atoms with van der Waals surface area (Å²) >= 11 is 0. The summed E-state index contributed by atoms with van der Waals surface area (Å²) in [4.78, 5) is 12.5. The number of ether oxygens (including phenoxy) is 1. The highest BCUT2D eigenvalue weighted by Gasteiger charge is 2.28. The summed E-state index contributed by atoms with van der Waals surface area (Å²) in [5.74, 6) is -0.537. The Morgan fingerprint density at radius 2 is 1.70 bits per heavy atom. The third-order valence-corrected chi connectivity index (χ3v) is 6.09. The monoisotopic (exact) mass is 383 g/mol. The number of hydrogen-bond donors (Lipinski definition) is 0. The standard InChI is InChI=1S/C21H21NO4S/c1-4-26-21(23)19-14-20(17-10-6-5-7-11-17)22(16(19)3)27(24,25)18-12-8-9-15(2)13-18/h5-14H,4H2,1-3H3. The number of hydrogen-bond acceptors (Lipinski definition) is 4. The van der Waals surface area contributed by atoms with Gasteiger partial charge in [-0.1, -0.05) is 42.5 Å². The van der Waals surface area contributed by atoms with E-state index < -0.39 is 16.0 Å². The molecule has 0 atom stereocenters. The van der Waals surface area contributed by atoms with E-state index in [0.717, 1.165) is 5.56 Å². The molecule has 0 fully saturated rings. The average Bonchev–Trinajstić information content (AvgIpc) is 3.01. The normalized spacial score (nSPS) is 11.4. The van der Waals surface area contributed by atoms with Gasteiger partial charge < -0.3 is 4.74 Å². The van der Waals surface area contributed by atoms with Crippen molar-refractivity contribution in [3.05, 3.63) is 77.5 Å². The lowest BCUT2D eigenvalue weighted by Gasteiger charge is -2.13. The van der Waals surface area contributed by atoms with E-state index in [4.69, 9.17) is 4.74 Å². The van der Waals surface area contributed by atoms with Gasteiger partial charge in [-0.05, 0) is 50.1 Å². The molecular formula is C21H21NO4S. The first-order valence-electron chi connectivity index (χ1n) is 8.63. The zero-order chi connectivity index (χ0) is 19.6. The van der Waals surface area contributed by atoms with Crippen LogP contribution in [-0.4, -0.2) is 25.0 Å². The Kier molecular flexibility index (Phi) is 5.19. The second kappa shape index (κ2) is 7.40. The topological polar surface area (TPSA) is 65.4 Å². The van der Waals surface area contributed by atoms with Crippen LogP contribution in [-0.2, 0) is 14.8 Å². The van der Waals surface area contributed by atoms with Crippen molar-refractivity contribution in [2.24, 2.45) is 0 Å². The molecule has 0 amide bonds. The Morgan fingerprint density at radius 1 is 1.00 bits per heavy atom. The number of carbonyl (C=O) groups excluding carboxylic acids is 1. The van der Waals surface area contributed by atoms with Crippen molar-refractivity contribution in [3.63, 3.8) is 0 Å². The molecule has 0 N–H and O–H groups in total. The molecule has 0 radical (unpaired) electrons. The van der Waals surface area contributed by atoms with Crippen molar-refractivity contribution in [1.82, 2.24) is 3.97 Å². The number of benzene rings is 2. The first-order valence-corrected chi connectivity index (χ1v) is 10.1. The van der Waals surface area contributed by atoms with Crippen LogP contribution in [0, 0.1) is 13.8 Å². The third-order valence-electron chi connectivity index (χ3n) is 4.29. The van der Waals surface area contributed by atoms with Gasteiger partial charge in [-0.15, -0.1) is 0 Å². The molecule has 1 aromatic heterocycles. The number of rotatable bonds is 5. The summed E-state index contributed by atoms with van der Waals surface area (Å²) in [5, 5.41) is 0. The number of aryl methyl sites for hydroxylation is 1. The fourth-order valence-corrected chi connectivity index (χ4v) is 4.68. The van der Waals surface area contributed by atoms with Crippen LogP contribution in [0.25, 0.3) is 11.3 Å². The summed E-state index contributed by atoms with van der Waals surface area (Å²) in [5.41, 5.74) is 2.54. The van der Waals surface area contributed by atoms with Crippen LogP contribution in [0.2, 0.25) is 0 Å². The number of aromatic nitrogens is 1. The van der Waals surface area contributed by atoms with Crippen molar-refractivity contribution in [3.8, 4) is 11.3 Å². The second-order valence-electron chi connectivity index (χ2n) is 6.20. The molecular weight excluding hydrogens is 362 g/mol. The minimum atomic E-state index is -3.89. The van der Waals surface area contributed by atoms with Crippen LogP contribution in [0.1, 0.15) is 28.5 Å². The van der Waals surface area contributed by atoms with E-state index >= 15 is 0 Å². The predicted molar refractivity (Wildman–Crippen MR) is 104 cm³/mol. The molecule has 27 heavy (non-hydrogen) atoms. The van der Waals surface area contributed by atoms with Crippen molar-refractivity contribution in [1.29, 1.82) is 0 Å². The average molecular weight is 383 g/mol. The van der Waals surface area contributed by atoms with Gasteiger partial charge >= 0.3 is 5.97 Å². The quantitative estimate of drug-likeness (QED) is 0.620. The fourth-order valence-electron chi connectivity index (χ4n) is 3.01. The van der Waals surface area contributed by atoms with Crippen LogP contribution >= 0.6 is 0 Å². The molecule has 0 spiro atoms. The van der Waals surface area contributed by atoms with Crippen LogP contribution < -0.4 is 0 Å². The summed E-state index contributed by atoms with van der Waals surface area (Å²) < 4.78 is 33.1. The minimum Gasteiger partial charge on any atom is -0.462 e. The SMILES string of the molecule is CCOC(=O)c1cc(-c2ccccc2)n(S(=O)(=O)c2cccc(C)c2)c1C. The minimum absolute atomic E-state index is 0.175. The lowest BCUT2D eigenvalue weighted by Crippen LogP contribution is -2.17. The predicted octanol–water partition coefficient (Wildman–Crippen LogP) is 4.19. The van der Waals surface area contributed by atoms with E-state index in [0.29, 0.717) is 17.0 Å². The Labute approximate surface area is 159 Å². The fraction of sp³-hybridized carbons (Fsp3) is 0.190. The van der Waals surface area contributed by atoms with Gasteiger partial charge in [-0.2, -0.15) is 0 Å². The molecule has 140 valence electrons. The van der Waals surface area contributed by atoms with Crippen molar-refractivity contribution < 1.29 is 17.9 Å². The van der Waals surface area contributed by atoms with E-state index in [1.807, 2.05) is 43.3 Å². The molecule has 0 saturated heterocycles. The molecule has 0 aliphatic carbocycles. The Bertz CT molecular complexity index is 1080. The summed E-state index contributed by atoms with van der Waals surface area (Å²) in [7, 11) is -3.89. The Morgan fingerprint density at radius 3 is 2.33 bits per heavy atom. The molecule has 0 unspecified atom stereocenters. The van der Waals surface area contributed by atoms with Crippen molar-refractivity contribution >= 4 is 16.0 Å². The van der Waals surface area contributed by atoms with E-state index in [2.05, 4.69) is 0 Å². The summed E-state index contributed by atoms with van der Waals surface area (Å²) in [6.45, 7) is 5.39. The first kappa shape index (κ1) is 18.9. The molecule has 6 heteroatoms. The van der Waals surface area contributed by atoms with Crippen LogP contribution in [0.3, 0.4) is 0 Å². The molecule has 5 nitrogen and oxygen atoms in total. The zero-order valence-electron chi connectivity index (χ0n) is 15.5. The molecule has 0 saturated carbocycles. The number of nitrogens with zero attached hydrogens (tertiary/aromatic N) is 1. The van der Waals surface area contributed by atoms with Gasteiger partial charge in [-0.25, -0.2) is 17.2 Å². The van der Waals surface area contributed by atoms with E-state index in [-0.39, 0.29) is 17.1 Å². The maximum Gasteiger partial charge on any atom is 0.340 e. The summed E-state index contributed by atoms with van der Waals surface area (Å²) in [6.07, 6.45) is 0. The van der Waals surface area contributed by atoms with Gasteiger partial charge in [0.15, 0.2) is 0 Å². The molecule has 3 aromatic rings. The van der Waals surface area contributed by atoms with Gasteiger partial charge in [0.05, 0.1) is 22.8 Å². The largest absolute Gasteiger partial charge is 0.462 e. The smallest absolute Gasteiger partial charge is 0.340 e. The second-order valence-corrected chi connectivity index (χ2v) is 7.99. The highest BCUT2D eigenvalue weighted by molar-refractivity contribution is 7.90. The van der Waals surface area contributed by atoms with Gasteiger partial charge in [0, 0.05) is 5.69 Å². The molecule has 0 aliphatic rings. The highest BCUT2D eigenvalue weighted by Crippen LogP contribution is 2.30. The Hall–Kier alpha value is -2.86. The van der Waals surface area contributed by atoms with Crippen LogP contribution in [0.5, 0.6) is 0 Å². The van der Waals surface area contributed by atoms with E-state index in [1.165, 1.54) is 3.97 Å². The number of carbonyl (C=O) groups is 1. The van der Waals surface area contributed by atoms with Gasteiger partial charge in [0.2, 0.25) is 0 Å². The highest BCUT2D eigenvalue weighted by atomic mass is 32.2. The van der Waals surface area contributed by atoms with Gasteiger partial charge in [0.1, 0.15) is 0 Å². The van der Waals surface area contributed by atoms with Gasteiger partial charge in [-0.3, -0.25) is 0 Å². The van der Waals surface area contributed by atoms with Gasteiger partial charge in [0.25, 0.3) is 10.0 Å². The molecule has 3 rings (SSSR count). The van der Waals surface area contributed by atoms with E-state index in [9.17, 15) is 13.2 Å². The molecule has 0 bridgehead atoms. The van der Waals surface area contributed by atoms with E-state index in [1.54, 1.807) is 38.1 Å². The summed E-state index contributed by atoms with van der Waals surface area (Å²) in [6, 6.07) is 17.4. The zero-order valence-corrected chi connectivity index (χ0v) is 16.3. The molecule has 2 aromatic carbocycles. The maximum atomic E-state index is 13.4. The lowest BCUT2D eigenvalue weighted by atomic mass is 10.1. The molecule has 0 aliphatic heterocycles.